The first-order valence-corrected chi connectivity index (χ1v) is 23.4. The van der Waals surface area contributed by atoms with Crippen molar-refractivity contribution < 1.29 is 15.0 Å². The molecule has 4 nitrogen and oxygen atoms in total. The van der Waals surface area contributed by atoms with Crippen molar-refractivity contribution in [2.24, 2.45) is 0 Å². The molecular formula is C47H93NO3. The molecule has 0 aromatic heterocycles. The predicted octanol–water partition coefficient (Wildman–Crippen LogP) is 14.6. The van der Waals surface area contributed by atoms with E-state index in [0.29, 0.717) is 6.42 Å². The summed E-state index contributed by atoms with van der Waals surface area (Å²) in [5.41, 5.74) is 0. The van der Waals surface area contributed by atoms with Crippen molar-refractivity contribution in [1.82, 2.24) is 5.32 Å². The molecule has 0 saturated carbocycles. The van der Waals surface area contributed by atoms with Crippen LogP contribution in [0.15, 0.2) is 12.2 Å². The van der Waals surface area contributed by atoms with E-state index in [2.05, 4.69) is 19.2 Å². The molecule has 0 radical (unpaired) electrons. The highest BCUT2D eigenvalue weighted by atomic mass is 16.3. The fourth-order valence-electron chi connectivity index (χ4n) is 7.42. The van der Waals surface area contributed by atoms with Crippen LogP contribution >= 0.6 is 0 Å². The number of rotatable bonds is 43. The Bertz CT molecular complexity index is 695. The molecule has 0 bridgehead atoms. The molecule has 0 aliphatic carbocycles. The topological polar surface area (TPSA) is 69.6 Å². The van der Waals surface area contributed by atoms with E-state index in [1.165, 1.54) is 218 Å². The molecular weight excluding hydrogens is 627 g/mol. The van der Waals surface area contributed by atoms with E-state index in [0.717, 1.165) is 25.7 Å². The van der Waals surface area contributed by atoms with E-state index in [4.69, 9.17) is 0 Å². The number of carbonyl (C=O) groups excluding carboxylic acids is 1. The van der Waals surface area contributed by atoms with Crippen molar-refractivity contribution in [3.05, 3.63) is 12.2 Å². The van der Waals surface area contributed by atoms with Gasteiger partial charge in [0.15, 0.2) is 0 Å². The SMILES string of the molecule is CCCCCCC/C=C/C(O)C(CO)NC(=O)CCCCCCCCCCCCCCCCCCCCCCCCCCCCCCCCCC. The van der Waals surface area contributed by atoms with Gasteiger partial charge in [-0.1, -0.05) is 251 Å². The first kappa shape index (κ1) is 50.1. The molecule has 4 heteroatoms. The highest BCUT2D eigenvalue weighted by Crippen LogP contribution is 2.17. The molecule has 2 unspecified atom stereocenters. The van der Waals surface area contributed by atoms with Crippen LogP contribution in [0.25, 0.3) is 0 Å². The van der Waals surface area contributed by atoms with Crippen molar-refractivity contribution in [2.45, 2.75) is 276 Å². The van der Waals surface area contributed by atoms with E-state index < -0.39 is 12.1 Å². The second-order valence-electron chi connectivity index (χ2n) is 16.2. The average Bonchev–Trinajstić information content (AvgIpc) is 3.13. The van der Waals surface area contributed by atoms with Crippen LogP contribution in [0.5, 0.6) is 0 Å². The summed E-state index contributed by atoms with van der Waals surface area (Å²) in [6.07, 6.45) is 55.2. The normalized spacial score (nSPS) is 12.9. The molecule has 0 aliphatic rings. The molecule has 0 saturated heterocycles. The lowest BCUT2D eigenvalue weighted by Crippen LogP contribution is -2.45. The summed E-state index contributed by atoms with van der Waals surface area (Å²) in [7, 11) is 0. The Morgan fingerprint density at radius 1 is 0.451 bits per heavy atom. The first-order chi connectivity index (χ1) is 25.2. The minimum absolute atomic E-state index is 0.0633. The minimum Gasteiger partial charge on any atom is -0.394 e. The molecule has 2 atom stereocenters. The van der Waals surface area contributed by atoms with Crippen molar-refractivity contribution in [3.8, 4) is 0 Å². The molecule has 0 spiro atoms. The number of amides is 1. The van der Waals surface area contributed by atoms with Gasteiger partial charge in [0.2, 0.25) is 5.91 Å². The first-order valence-electron chi connectivity index (χ1n) is 23.4. The van der Waals surface area contributed by atoms with Gasteiger partial charge < -0.3 is 15.5 Å². The van der Waals surface area contributed by atoms with Crippen LogP contribution < -0.4 is 5.32 Å². The molecule has 304 valence electrons. The molecule has 51 heavy (non-hydrogen) atoms. The van der Waals surface area contributed by atoms with Gasteiger partial charge in [-0.3, -0.25) is 4.79 Å². The largest absolute Gasteiger partial charge is 0.394 e. The highest BCUT2D eigenvalue weighted by molar-refractivity contribution is 5.76. The van der Waals surface area contributed by atoms with Crippen LogP contribution in [-0.4, -0.2) is 34.9 Å². The number of hydrogen-bond donors (Lipinski definition) is 3. The zero-order valence-electron chi connectivity index (χ0n) is 34.9. The molecule has 0 aromatic rings. The smallest absolute Gasteiger partial charge is 0.220 e. The lowest BCUT2D eigenvalue weighted by molar-refractivity contribution is -0.123. The maximum Gasteiger partial charge on any atom is 0.220 e. The van der Waals surface area contributed by atoms with Gasteiger partial charge in [0.1, 0.15) is 0 Å². The zero-order valence-corrected chi connectivity index (χ0v) is 34.9. The summed E-state index contributed by atoms with van der Waals surface area (Å²) in [5, 5.41) is 22.8. The molecule has 3 N–H and O–H groups in total. The monoisotopic (exact) mass is 720 g/mol. The molecule has 0 fully saturated rings. The quantitative estimate of drug-likeness (QED) is 0.0434. The van der Waals surface area contributed by atoms with Gasteiger partial charge in [-0.05, 0) is 19.3 Å². The second kappa shape index (κ2) is 43.5. The van der Waals surface area contributed by atoms with Crippen LogP contribution in [0.1, 0.15) is 264 Å². The lowest BCUT2D eigenvalue weighted by atomic mass is 10.0. The fraction of sp³-hybridized carbons (Fsp3) is 0.936. The summed E-state index contributed by atoms with van der Waals surface area (Å²) in [6, 6.07) is -0.614. The number of aliphatic hydroxyl groups is 2. The Morgan fingerprint density at radius 2 is 0.725 bits per heavy atom. The molecule has 0 heterocycles. The van der Waals surface area contributed by atoms with E-state index in [-0.39, 0.29) is 12.5 Å². The molecule has 0 aliphatic heterocycles. The van der Waals surface area contributed by atoms with E-state index in [9.17, 15) is 15.0 Å². The zero-order chi connectivity index (χ0) is 37.1. The Balaban J connectivity index is 3.32. The van der Waals surface area contributed by atoms with Gasteiger partial charge in [0, 0.05) is 6.42 Å². The van der Waals surface area contributed by atoms with E-state index >= 15 is 0 Å². The van der Waals surface area contributed by atoms with Crippen molar-refractivity contribution in [2.75, 3.05) is 6.61 Å². The number of aliphatic hydroxyl groups excluding tert-OH is 2. The van der Waals surface area contributed by atoms with Crippen LogP contribution in [0.4, 0.5) is 0 Å². The Labute approximate surface area is 320 Å². The van der Waals surface area contributed by atoms with E-state index in [1.54, 1.807) is 6.08 Å². The summed E-state index contributed by atoms with van der Waals surface area (Å²) in [4.78, 5) is 12.3. The average molecular weight is 720 g/mol. The molecule has 0 rings (SSSR count). The second-order valence-corrected chi connectivity index (χ2v) is 16.2. The Hall–Kier alpha value is -0.870. The third kappa shape index (κ3) is 40.2. The number of unbranched alkanes of at least 4 members (excludes halogenated alkanes) is 36. The van der Waals surface area contributed by atoms with Crippen LogP contribution in [0, 0.1) is 0 Å². The van der Waals surface area contributed by atoms with Crippen LogP contribution in [0.2, 0.25) is 0 Å². The third-order valence-corrected chi connectivity index (χ3v) is 11.0. The fourth-order valence-corrected chi connectivity index (χ4v) is 7.42. The van der Waals surface area contributed by atoms with Crippen LogP contribution in [0.3, 0.4) is 0 Å². The number of allylic oxidation sites excluding steroid dienone is 1. The number of carbonyl (C=O) groups is 1. The summed E-state index contributed by atoms with van der Waals surface area (Å²) in [5.74, 6) is -0.0633. The number of nitrogens with one attached hydrogen (secondary N) is 1. The van der Waals surface area contributed by atoms with Gasteiger partial charge in [0.05, 0.1) is 18.8 Å². The predicted molar refractivity (Wildman–Crippen MR) is 226 cm³/mol. The van der Waals surface area contributed by atoms with E-state index in [1.807, 2.05) is 6.08 Å². The maximum absolute atomic E-state index is 12.3. The van der Waals surface area contributed by atoms with Crippen molar-refractivity contribution in [3.63, 3.8) is 0 Å². The van der Waals surface area contributed by atoms with Gasteiger partial charge in [0.25, 0.3) is 0 Å². The lowest BCUT2D eigenvalue weighted by Gasteiger charge is -2.20. The van der Waals surface area contributed by atoms with Crippen LogP contribution in [-0.2, 0) is 4.79 Å². The van der Waals surface area contributed by atoms with Crippen molar-refractivity contribution in [1.29, 1.82) is 0 Å². The number of hydrogen-bond acceptors (Lipinski definition) is 3. The van der Waals surface area contributed by atoms with Crippen molar-refractivity contribution >= 4 is 5.91 Å². The Morgan fingerprint density at radius 3 is 1.02 bits per heavy atom. The standard InChI is InChI=1S/C47H93NO3/c1-3-5-7-9-11-12-13-14-15-16-17-18-19-20-21-22-23-24-25-26-27-28-29-30-31-32-33-34-35-37-39-41-43-47(51)48-45(44-49)46(50)42-40-38-36-10-8-6-4-2/h40,42,45-46,49-50H,3-39,41,43-44H2,1-2H3,(H,48,51)/b42-40+. The third-order valence-electron chi connectivity index (χ3n) is 11.0. The summed E-state index contributed by atoms with van der Waals surface area (Å²) in [6.45, 7) is 4.27. The van der Waals surface area contributed by atoms with Gasteiger partial charge in [-0.25, -0.2) is 0 Å². The molecule has 0 aromatic carbocycles. The maximum atomic E-state index is 12.3. The van der Waals surface area contributed by atoms with Gasteiger partial charge >= 0.3 is 0 Å². The molecule has 1 amide bonds. The summed E-state index contributed by atoms with van der Waals surface area (Å²) >= 11 is 0. The van der Waals surface area contributed by atoms with Gasteiger partial charge in [-0.2, -0.15) is 0 Å². The van der Waals surface area contributed by atoms with Gasteiger partial charge in [-0.15, -0.1) is 0 Å². The highest BCUT2D eigenvalue weighted by Gasteiger charge is 2.17. The summed E-state index contributed by atoms with van der Waals surface area (Å²) < 4.78 is 0. The minimum atomic E-state index is -0.831. The Kier molecular flexibility index (Phi) is 42.8.